The highest BCUT2D eigenvalue weighted by Crippen LogP contribution is 2.15. The number of nitrogens with one attached hydrogen (secondary N) is 1. The second kappa shape index (κ2) is 7.43. The highest BCUT2D eigenvalue weighted by atomic mass is 35.5. The Balaban J connectivity index is 0.00000196. The van der Waals surface area contributed by atoms with Crippen LogP contribution >= 0.6 is 12.4 Å². The van der Waals surface area contributed by atoms with Crippen LogP contribution < -0.4 is 5.32 Å². The Hall–Kier alpha value is -0.860. The lowest BCUT2D eigenvalue weighted by Crippen LogP contribution is -2.25. The van der Waals surface area contributed by atoms with E-state index in [0.717, 1.165) is 12.0 Å². The number of likely N-dealkylation sites (N-methyl/N-ethyl adjacent to an activating group) is 1. The summed E-state index contributed by atoms with van der Waals surface area (Å²) in [4.78, 5) is 11.7. The number of Topliss-reactive ketones (excluding diaryl/α,β-unsaturated/α-hetero) is 1. The summed E-state index contributed by atoms with van der Waals surface area (Å²) in [5.41, 5.74) is 1.05. The van der Waals surface area contributed by atoms with E-state index < -0.39 is 0 Å². The maximum atomic E-state index is 11.7. The molecule has 0 heterocycles. The average molecular weight is 228 g/mol. The summed E-state index contributed by atoms with van der Waals surface area (Å²) in [5, 5.41) is 3.05. The fourth-order valence-corrected chi connectivity index (χ4v) is 1.55. The number of carbonyl (C=O) groups is 1. The Bertz CT molecular complexity index is 287. The van der Waals surface area contributed by atoms with Gasteiger partial charge in [-0.05, 0) is 19.0 Å². The Kier molecular flexibility index (Phi) is 7.01. The number of hydrogen-bond acceptors (Lipinski definition) is 2. The summed E-state index contributed by atoms with van der Waals surface area (Å²) >= 11 is 0. The van der Waals surface area contributed by atoms with Gasteiger partial charge in [-0.25, -0.2) is 0 Å². The molecule has 1 aromatic carbocycles. The van der Waals surface area contributed by atoms with E-state index in [0.29, 0.717) is 6.42 Å². The van der Waals surface area contributed by atoms with Crippen molar-refractivity contribution in [1.82, 2.24) is 5.32 Å². The summed E-state index contributed by atoms with van der Waals surface area (Å²) in [6.07, 6.45) is 1.55. The molecule has 0 amide bonds. The van der Waals surface area contributed by atoms with Gasteiger partial charge in [0.25, 0.3) is 0 Å². The van der Waals surface area contributed by atoms with E-state index in [1.54, 1.807) is 0 Å². The average Bonchev–Trinajstić information content (AvgIpc) is 2.21. The van der Waals surface area contributed by atoms with Gasteiger partial charge < -0.3 is 5.32 Å². The molecular weight excluding hydrogens is 210 g/mol. The number of halogens is 1. The monoisotopic (exact) mass is 227 g/mol. The minimum atomic E-state index is -0.142. The zero-order valence-corrected chi connectivity index (χ0v) is 10.0. The molecule has 0 saturated heterocycles. The summed E-state index contributed by atoms with van der Waals surface area (Å²) in [5.74, 6) is 0.265. The molecule has 0 aromatic heterocycles. The first-order valence-electron chi connectivity index (χ1n) is 5.04. The van der Waals surface area contributed by atoms with E-state index in [-0.39, 0.29) is 24.2 Å². The van der Waals surface area contributed by atoms with Crippen LogP contribution in [0.15, 0.2) is 30.3 Å². The Morgan fingerprint density at radius 3 is 2.40 bits per heavy atom. The third kappa shape index (κ3) is 4.02. The Morgan fingerprint density at radius 1 is 1.33 bits per heavy atom. The lowest BCUT2D eigenvalue weighted by molar-refractivity contribution is -0.121. The van der Waals surface area contributed by atoms with Crippen molar-refractivity contribution in [2.45, 2.75) is 25.8 Å². The molecule has 84 valence electrons. The number of carbonyl (C=O) groups excluding carboxylic acids is 1. The van der Waals surface area contributed by atoms with Gasteiger partial charge >= 0.3 is 0 Å². The Morgan fingerprint density at radius 2 is 1.93 bits per heavy atom. The summed E-state index contributed by atoms with van der Waals surface area (Å²) in [6, 6.07) is 9.69. The van der Waals surface area contributed by atoms with Crippen LogP contribution in [-0.2, 0) is 4.79 Å². The molecule has 1 aromatic rings. The first kappa shape index (κ1) is 14.1. The highest BCUT2D eigenvalue weighted by Gasteiger charge is 2.16. The predicted octanol–water partition coefficient (Wildman–Crippen LogP) is 2.74. The third-order valence-electron chi connectivity index (χ3n) is 2.24. The molecule has 0 radical (unpaired) electrons. The van der Waals surface area contributed by atoms with E-state index >= 15 is 0 Å². The molecule has 0 spiro atoms. The number of ketones is 1. The molecule has 2 nitrogen and oxygen atoms in total. The van der Waals surface area contributed by atoms with Crippen molar-refractivity contribution in [3.8, 4) is 0 Å². The van der Waals surface area contributed by atoms with Gasteiger partial charge in [-0.2, -0.15) is 0 Å². The van der Waals surface area contributed by atoms with Crippen LogP contribution in [0, 0.1) is 0 Å². The van der Waals surface area contributed by atoms with Crippen LogP contribution in [0.5, 0.6) is 0 Å². The van der Waals surface area contributed by atoms with Crippen molar-refractivity contribution in [2.24, 2.45) is 0 Å². The molecule has 1 atom stereocenters. The summed E-state index contributed by atoms with van der Waals surface area (Å²) in [6.45, 7) is 2.02. The topological polar surface area (TPSA) is 29.1 Å². The molecule has 0 bridgehead atoms. The van der Waals surface area contributed by atoms with E-state index in [2.05, 4.69) is 5.32 Å². The van der Waals surface area contributed by atoms with Crippen molar-refractivity contribution in [2.75, 3.05) is 7.05 Å². The van der Waals surface area contributed by atoms with Crippen LogP contribution in [0.3, 0.4) is 0 Å². The SMILES string of the molecule is CCCC(=O)C(NC)c1ccccc1.Cl. The maximum Gasteiger partial charge on any atom is 0.154 e. The van der Waals surface area contributed by atoms with Gasteiger partial charge in [-0.3, -0.25) is 4.79 Å². The van der Waals surface area contributed by atoms with Crippen molar-refractivity contribution in [3.63, 3.8) is 0 Å². The molecule has 1 rings (SSSR count). The molecule has 0 aliphatic rings. The smallest absolute Gasteiger partial charge is 0.154 e. The van der Waals surface area contributed by atoms with Crippen molar-refractivity contribution >= 4 is 18.2 Å². The van der Waals surface area contributed by atoms with Crippen LogP contribution in [0.4, 0.5) is 0 Å². The minimum absolute atomic E-state index is 0. The van der Waals surface area contributed by atoms with Gasteiger partial charge in [0, 0.05) is 6.42 Å². The zero-order chi connectivity index (χ0) is 10.4. The van der Waals surface area contributed by atoms with Gasteiger partial charge in [0.05, 0.1) is 6.04 Å². The second-order valence-electron chi connectivity index (χ2n) is 3.35. The van der Waals surface area contributed by atoms with Gasteiger partial charge in [-0.15, -0.1) is 12.4 Å². The molecule has 1 N–H and O–H groups in total. The van der Waals surface area contributed by atoms with Crippen LogP contribution in [0.1, 0.15) is 31.4 Å². The van der Waals surface area contributed by atoms with E-state index in [4.69, 9.17) is 0 Å². The predicted molar refractivity (Wildman–Crippen MR) is 65.4 cm³/mol. The van der Waals surface area contributed by atoms with Crippen molar-refractivity contribution < 1.29 is 4.79 Å². The molecule has 15 heavy (non-hydrogen) atoms. The maximum absolute atomic E-state index is 11.7. The van der Waals surface area contributed by atoms with Gasteiger partial charge in [0.15, 0.2) is 5.78 Å². The lowest BCUT2D eigenvalue weighted by Gasteiger charge is -2.14. The van der Waals surface area contributed by atoms with Crippen LogP contribution in [0.2, 0.25) is 0 Å². The fourth-order valence-electron chi connectivity index (χ4n) is 1.55. The molecule has 0 saturated carbocycles. The summed E-state index contributed by atoms with van der Waals surface area (Å²) in [7, 11) is 1.82. The van der Waals surface area contributed by atoms with Gasteiger partial charge in [0.2, 0.25) is 0 Å². The molecule has 0 aliphatic carbocycles. The molecule has 1 unspecified atom stereocenters. The van der Waals surface area contributed by atoms with E-state index in [1.165, 1.54) is 0 Å². The first-order chi connectivity index (χ1) is 6.79. The number of rotatable bonds is 5. The van der Waals surface area contributed by atoms with Crippen molar-refractivity contribution in [1.29, 1.82) is 0 Å². The first-order valence-corrected chi connectivity index (χ1v) is 5.04. The third-order valence-corrected chi connectivity index (χ3v) is 2.24. The number of hydrogen-bond donors (Lipinski definition) is 1. The number of benzene rings is 1. The molecular formula is C12H18ClNO. The lowest BCUT2D eigenvalue weighted by atomic mass is 10.0. The molecule has 3 heteroatoms. The molecule has 0 fully saturated rings. The zero-order valence-electron chi connectivity index (χ0n) is 9.19. The summed E-state index contributed by atoms with van der Waals surface area (Å²) < 4.78 is 0. The Labute approximate surface area is 97.5 Å². The fraction of sp³-hybridized carbons (Fsp3) is 0.417. The van der Waals surface area contributed by atoms with Crippen LogP contribution in [-0.4, -0.2) is 12.8 Å². The largest absolute Gasteiger partial charge is 0.307 e. The normalized spacial score (nSPS) is 11.6. The highest BCUT2D eigenvalue weighted by molar-refractivity contribution is 5.85. The standard InChI is InChI=1S/C12H17NO.ClH/c1-3-7-11(14)12(13-2)10-8-5-4-6-9-10;/h4-6,8-9,12-13H,3,7H2,1-2H3;1H. The van der Waals surface area contributed by atoms with E-state index in [9.17, 15) is 4.79 Å². The van der Waals surface area contributed by atoms with Crippen molar-refractivity contribution in [3.05, 3.63) is 35.9 Å². The minimum Gasteiger partial charge on any atom is -0.307 e. The molecule has 0 aliphatic heterocycles. The second-order valence-corrected chi connectivity index (χ2v) is 3.35. The van der Waals surface area contributed by atoms with E-state index in [1.807, 2.05) is 44.3 Å². The van der Waals surface area contributed by atoms with Gasteiger partial charge in [-0.1, -0.05) is 37.3 Å². The van der Waals surface area contributed by atoms with Crippen LogP contribution in [0.25, 0.3) is 0 Å². The quantitative estimate of drug-likeness (QED) is 0.838. The van der Waals surface area contributed by atoms with Gasteiger partial charge in [0.1, 0.15) is 0 Å².